The van der Waals surface area contributed by atoms with Crippen LogP contribution in [0.2, 0.25) is 5.02 Å². The van der Waals surface area contributed by atoms with Gasteiger partial charge in [0.2, 0.25) is 10.0 Å². The van der Waals surface area contributed by atoms with Gasteiger partial charge in [0.1, 0.15) is 6.07 Å². The molecular formula is C19H15ClN2O2S. The van der Waals surface area contributed by atoms with E-state index in [9.17, 15) is 8.42 Å². The standard InChI is InChI=1S/C19H15ClN2O2S/c1-13(17-8-4-6-14-5-2-3-7-18(14)17)22-25(23,24)16-10-9-15(12-21)19(20)11-16/h2-11,13,22H,1H3. The van der Waals surface area contributed by atoms with Crippen molar-refractivity contribution in [2.24, 2.45) is 0 Å². The van der Waals surface area contributed by atoms with Gasteiger partial charge in [-0.25, -0.2) is 13.1 Å². The fourth-order valence-corrected chi connectivity index (χ4v) is 4.28. The van der Waals surface area contributed by atoms with Crippen molar-refractivity contribution in [2.45, 2.75) is 17.9 Å². The van der Waals surface area contributed by atoms with Gasteiger partial charge in [0.05, 0.1) is 15.5 Å². The summed E-state index contributed by atoms with van der Waals surface area (Å²) >= 11 is 5.95. The van der Waals surface area contributed by atoms with Gasteiger partial charge in [-0.3, -0.25) is 0 Å². The number of nitrogens with zero attached hydrogens (tertiary/aromatic N) is 1. The lowest BCUT2D eigenvalue weighted by Gasteiger charge is -2.17. The average molecular weight is 371 g/mol. The van der Waals surface area contributed by atoms with Crippen molar-refractivity contribution in [1.29, 1.82) is 5.26 Å². The van der Waals surface area contributed by atoms with Gasteiger partial charge < -0.3 is 0 Å². The van der Waals surface area contributed by atoms with E-state index in [1.165, 1.54) is 18.2 Å². The second-order valence-corrected chi connectivity index (χ2v) is 7.79. The monoisotopic (exact) mass is 370 g/mol. The number of nitrogens with one attached hydrogen (secondary N) is 1. The van der Waals surface area contributed by atoms with Crippen molar-refractivity contribution in [2.75, 3.05) is 0 Å². The molecule has 1 atom stereocenters. The second kappa shape index (κ2) is 6.85. The van der Waals surface area contributed by atoms with Crippen LogP contribution in [0.25, 0.3) is 10.8 Å². The Labute approximate surface area is 151 Å². The molecule has 6 heteroatoms. The van der Waals surface area contributed by atoms with Gasteiger partial charge in [-0.15, -0.1) is 0 Å². The van der Waals surface area contributed by atoms with E-state index < -0.39 is 16.1 Å². The van der Waals surface area contributed by atoms with Gasteiger partial charge in [-0.1, -0.05) is 54.1 Å². The molecule has 0 aliphatic rings. The van der Waals surface area contributed by atoms with Crippen LogP contribution in [-0.4, -0.2) is 8.42 Å². The van der Waals surface area contributed by atoms with E-state index in [-0.39, 0.29) is 15.5 Å². The van der Waals surface area contributed by atoms with Crippen LogP contribution in [0, 0.1) is 11.3 Å². The highest BCUT2D eigenvalue weighted by Gasteiger charge is 2.20. The Hall–Kier alpha value is -2.39. The zero-order valence-corrected chi connectivity index (χ0v) is 15.0. The minimum Gasteiger partial charge on any atom is -0.207 e. The van der Waals surface area contributed by atoms with E-state index in [1.54, 1.807) is 6.92 Å². The number of hydrogen-bond donors (Lipinski definition) is 1. The molecule has 3 rings (SSSR count). The van der Waals surface area contributed by atoms with E-state index in [2.05, 4.69) is 4.72 Å². The fraction of sp³-hybridized carbons (Fsp3) is 0.105. The maximum Gasteiger partial charge on any atom is 0.241 e. The number of nitriles is 1. The molecule has 0 aliphatic carbocycles. The van der Waals surface area contributed by atoms with Crippen molar-refractivity contribution in [3.05, 3.63) is 76.8 Å². The molecule has 0 fully saturated rings. The van der Waals surface area contributed by atoms with Gasteiger partial charge in [0.15, 0.2) is 0 Å². The van der Waals surface area contributed by atoms with Gasteiger partial charge >= 0.3 is 0 Å². The van der Waals surface area contributed by atoms with Crippen LogP contribution in [-0.2, 0) is 10.0 Å². The maximum atomic E-state index is 12.7. The summed E-state index contributed by atoms with van der Waals surface area (Å²) in [6.07, 6.45) is 0. The van der Waals surface area contributed by atoms with Crippen LogP contribution in [0.15, 0.2) is 65.6 Å². The smallest absolute Gasteiger partial charge is 0.207 e. The van der Waals surface area contributed by atoms with Crippen molar-refractivity contribution in [3.8, 4) is 6.07 Å². The molecule has 1 unspecified atom stereocenters. The molecule has 1 N–H and O–H groups in total. The Morgan fingerprint density at radius 1 is 1.08 bits per heavy atom. The molecule has 0 radical (unpaired) electrons. The van der Waals surface area contributed by atoms with Crippen LogP contribution in [0.3, 0.4) is 0 Å². The first-order valence-electron chi connectivity index (χ1n) is 7.62. The van der Waals surface area contributed by atoms with Gasteiger partial charge in [-0.2, -0.15) is 5.26 Å². The molecule has 3 aromatic carbocycles. The van der Waals surface area contributed by atoms with Crippen LogP contribution in [0.4, 0.5) is 0 Å². The first-order valence-corrected chi connectivity index (χ1v) is 9.48. The molecule has 25 heavy (non-hydrogen) atoms. The quantitative estimate of drug-likeness (QED) is 0.739. The first-order chi connectivity index (χ1) is 11.9. The first kappa shape index (κ1) is 17.4. The lowest BCUT2D eigenvalue weighted by atomic mass is 10.0. The Morgan fingerprint density at radius 2 is 1.80 bits per heavy atom. The molecule has 0 aromatic heterocycles. The minimum atomic E-state index is -3.77. The van der Waals surface area contributed by atoms with Crippen molar-refractivity contribution in [3.63, 3.8) is 0 Å². The van der Waals surface area contributed by atoms with Crippen LogP contribution in [0.1, 0.15) is 24.1 Å². The molecule has 4 nitrogen and oxygen atoms in total. The van der Waals surface area contributed by atoms with E-state index >= 15 is 0 Å². The van der Waals surface area contributed by atoms with E-state index in [4.69, 9.17) is 16.9 Å². The molecule has 0 bridgehead atoms. The predicted molar refractivity (Wildman–Crippen MR) is 98.9 cm³/mol. The molecule has 0 amide bonds. The SMILES string of the molecule is CC(NS(=O)(=O)c1ccc(C#N)c(Cl)c1)c1cccc2ccccc12. The average Bonchev–Trinajstić information content (AvgIpc) is 2.60. The summed E-state index contributed by atoms with van der Waals surface area (Å²) in [6, 6.07) is 19.2. The highest BCUT2D eigenvalue weighted by Crippen LogP contribution is 2.26. The minimum absolute atomic E-state index is 0.0311. The third-order valence-corrected chi connectivity index (χ3v) is 5.84. The van der Waals surface area contributed by atoms with E-state index in [0.717, 1.165) is 16.3 Å². The van der Waals surface area contributed by atoms with Gasteiger partial charge in [0, 0.05) is 6.04 Å². The highest BCUT2D eigenvalue weighted by molar-refractivity contribution is 7.89. The summed E-state index contributed by atoms with van der Waals surface area (Å²) in [5, 5.41) is 11.1. The number of halogens is 1. The zero-order valence-electron chi connectivity index (χ0n) is 13.4. The normalized spacial score (nSPS) is 12.7. The van der Waals surface area contributed by atoms with Gasteiger partial charge in [-0.05, 0) is 41.5 Å². The van der Waals surface area contributed by atoms with E-state index in [1.807, 2.05) is 48.5 Å². The number of hydrogen-bond acceptors (Lipinski definition) is 3. The number of sulfonamides is 1. The molecular weight excluding hydrogens is 356 g/mol. The molecule has 0 saturated carbocycles. The summed E-state index contributed by atoms with van der Waals surface area (Å²) in [5.41, 5.74) is 1.13. The number of rotatable bonds is 4. The maximum absolute atomic E-state index is 12.7. The van der Waals surface area contributed by atoms with E-state index in [0.29, 0.717) is 0 Å². The Bertz CT molecular complexity index is 1080. The van der Waals surface area contributed by atoms with Crippen LogP contribution < -0.4 is 4.72 Å². The van der Waals surface area contributed by atoms with Crippen LogP contribution in [0.5, 0.6) is 0 Å². The predicted octanol–water partition coefficient (Wildman–Crippen LogP) is 4.40. The molecule has 0 heterocycles. The summed E-state index contributed by atoms with van der Waals surface area (Å²) in [4.78, 5) is 0.0311. The summed E-state index contributed by atoms with van der Waals surface area (Å²) < 4.78 is 28.0. The Balaban J connectivity index is 1.95. The second-order valence-electron chi connectivity index (χ2n) is 5.66. The van der Waals surface area contributed by atoms with Gasteiger partial charge in [0.25, 0.3) is 0 Å². The summed E-state index contributed by atoms with van der Waals surface area (Å²) in [7, 11) is -3.77. The molecule has 126 valence electrons. The third-order valence-electron chi connectivity index (χ3n) is 3.99. The lowest BCUT2D eigenvalue weighted by molar-refractivity contribution is 0.567. The molecule has 0 saturated heterocycles. The Kier molecular flexibility index (Phi) is 4.78. The van der Waals surface area contributed by atoms with Crippen molar-refractivity contribution < 1.29 is 8.42 Å². The zero-order chi connectivity index (χ0) is 18.0. The molecule has 0 spiro atoms. The molecule has 0 aliphatic heterocycles. The van der Waals surface area contributed by atoms with Crippen molar-refractivity contribution in [1.82, 2.24) is 4.72 Å². The number of benzene rings is 3. The number of fused-ring (bicyclic) bond motifs is 1. The topological polar surface area (TPSA) is 70.0 Å². The van der Waals surface area contributed by atoms with Crippen LogP contribution >= 0.6 is 11.6 Å². The Morgan fingerprint density at radius 3 is 2.52 bits per heavy atom. The molecule has 3 aromatic rings. The lowest BCUT2D eigenvalue weighted by Crippen LogP contribution is -2.27. The summed E-state index contributed by atoms with van der Waals surface area (Å²) in [5.74, 6) is 0. The third kappa shape index (κ3) is 3.52. The largest absolute Gasteiger partial charge is 0.241 e. The fourth-order valence-electron chi connectivity index (χ4n) is 2.75. The van der Waals surface area contributed by atoms with Crippen molar-refractivity contribution >= 4 is 32.4 Å². The highest BCUT2D eigenvalue weighted by atomic mass is 35.5. The summed E-state index contributed by atoms with van der Waals surface area (Å²) in [6.45, 7) is 1.80.